The molecule has 5 rings (SSSR count). The van der Waals surface area contributed by atoms with E-state index in [1.165, 1.54) is 12.1 Å². The number of piperidine rings is 1. The first-order chi connectivity index (χ1) is 17.6. The van der Waals surface area contributed by atoms with Crippen LogP contribution in [0.5, 0.6) is 5.75 Å². The molecule has 8 nitrogen and oxygen atoms in total. The lowest BCUT2D eigenvalue weighted by Crippen LogP contribution is -2.40. The van der Waals surface area contributed by atoms with Gasteiger partial charge in [0, 0.05) is 47.2 Å². The molecule has 1 atom stereocenters. The number of nitrogen functional groups attached to an aromatic ring is 1. The minimum absolute atomic E-state index is 0.0926. The molecule has 1 amide bonds. The highest BCUT2D eigenvalue weighted by Gasteiger charge is 2.43. The van der Waals surface area contributed by atoms with Gasteiger partial charge in [-0.25, -0.2) is 14.2 Å². The number of ether oxygens (including phenoxy) is 2. The summed E-state index contributed by atoms with van der Waals surface area (Å²) in [6.07, 6.45) is 7.90. The average molecular weight is 548 g/mol. The maximum absolute atomic E-state index is 14.0. The highest BCUT2D eigenvalue weighted by Crippen LogP contribution is 2.40. The summed E-state index contributed by atoms with van der Waals surface area (Å²) in [6, 6.07) is 4.58. The van der Waals surface area contributed by atoms with Crippen LogP contribution in [0.4, 0.5) is 15.0 Å². The summed E-state index contributed by atoms with van der Waals surface area (Å²) in [6.45, 7) is 4.93. The zero-order chi connectivity index (χ0) is 26.3. The predicted octanol–water partition coefficient (Wildman–Crippen LogP) is 6.44. The van der Waals surface area contributed by atoms with Gasteiger partial charge in [0.15, 0.2) is 11.6 Å². The van der Waals surface area contributed by atoms with E-state index >= 15 is 0 Å². The van der Waals surface area contributed by atoms with Crippen molar-refractivity contribution in [1.29, 1.82) is 0 Å². The second-order valence-electron chi connectivity index (χ2n) is 9.87. The molecule has 2 aliphatic rings. The fourth-order valence-electron chi connectivity index (χ4n) is 4.43. The average Bonchev–Trinajstić information content (AvgIpc) is 3.39. The zero-order valence-electron chi connectivity index (χ0n) is 20.6. The minimum Gasteiger partial charge on any atom is -0.482 e. The van der Waals surface area contributed by atoms with Crippen molar-refractivity contribution in [2.45, 2.75) is 57.3 Å². The third-order valence-corrected chi connectivity index (χ3v) is 7.70. The molecule has 2 aromatic heterocycles. The van der Waals surface area contributed by atoms with Gasteiger partial charge in [0.1, 0.15) is 17.5 Å². The van der Waals surface area contributed by atoms with E-state index in [9.17, 15) is 9.18 Å². The SMILES string of the molecule is CC(Oc1cc(-c2cnn(C3CCN(C(=O)OC4(C)CC4)CC3)c2)cnc1N)c1c(Cl)ccc(F)c1Cl. The second kappa shape index (κ2) is 10.0. The van der Waals surface area contributed by atoms with E-state index in [1.54, 1.807) is 30.3 Å². The number of nitrogens with two attached hydrogens (primary N) is 1. The van der Waals surface area contributed by atoms with E-state index in [1.807, 2.05) is 17.8 Å². The third kappa shape index (κ3) is 5.48. The molecule has 1 saturated carbocycles. The lowest BCUT2D eigenvalue weighted by atomic mass is 10.1. The Hall–Kier alpha value is -3.04. The van der Waals surface area contributed by atoms with Crippen molar-refractivity contribution in [3.63, 3.8) is 0 Å². The Morgan fingerprint density at radius 3 is 2.65 bits per heavy atom. The van der Waals surface area contributed by atoms with Crippen LogP contribution in [-0.2, 0) is 4.74 Å². The van der Waals surface area contributed by atoms with Gasteiger partial charge in [-0.05, 0) is 57.7 Å². The van der Waals surface area contributed by atoms with E-state index in [4.69, 9.17) is 38.4 Å². The van der Waals surface area contributed by atoms with Crippen LogP contribution in [0.1, 0.15) is 57.2 Å². The standard InChI is InChI=1S/C26H28Cl2FN5O3/c1-15(22-19(27)3-4-20(29)23(22)28)36-21-11-16(12-31-24(21)30)17-13-32-34(14-17)18-5-9-33(10-6-18)25(35)37-26(2)7-8-26/h3-4,11-15,18H,5-10H2,1-2H3,(H2,30,31). The summed E-state index contributed by atoms with van der Waals surface area (Å²) < 4.78 is 27.5. The number of rotatable bonds is 6. The molecule has 0 radical (unpaired) electrons. The van der Waals surface area contributed by atoms with Crippen molar-refractivity contribution >= 4 is 35.1 Å². The molecule has 1 saturated heterocycles. The Bertz CT molecular complexity index is 1320. The van der Waals surface area contributed by atoms with E-state index in [-0.39, 0.29) is 28.6 Å². The molecule has 2 N–H and O–H groups in total. The van der Waals surface area contributed by atoms with Crippen LogP contribution in [0.3, 0.4) is 0 Å². The highest BCUT2D eigenvalue weighted by atomic mass is 35.5. The second-order valence-corrected chi connectivity index (χ2v) is 10.7. The molecule has 1 aliphatic heterocycles. The number of pyridine rings is 1. The maximum Gasteiger partial charge on any atom is 0.410 e. The van der Waals surface area contributed by atoms with E-state index < -0.39 is 11.9 Å². The first-order valence-corrected chi connectivity index (χ1v) is 13.0. The number of nitrogens with zero attached hydrogens (tertiary/aromatic N) is 4. The van der Waals surface area contributed by atoms with Crippen molar-refractivity contribution in [3.05, 3.63) is 58.2 Å². The van der Waals surface area contributed by atoms with E-state index in [0.717, 1.165) is 36.8 Å². The summed E-state index contributed by atoms with van der Waals surface area (Å²) in [7, 11) is 0. The number of aromatic nitrogens is 3. The van der Waals surface area contributed by atoms with Crippen LogP contribution in [0.25, 0.3) is 11.1 Å². The summed E-state index contributed by atoms with van der Waals surface area (Å²) in [4.78, 5) is 18.4. The van der Waals surface area contributed by atoms with Gasteiger partial charge in [-0.3, -0.25) is 4.68 Å². The molecule has 196 valence electrons. The van der Waals surface area contributed by atoms with E-state index in [2.05, 4.69) is 10.1 Å². The van der Waals surface area contributed by atoms with Gasteiger partial charge in [0.25, 0.3) is 0 Å². The molecule has 37 heavy (non-hydrogen) atoms. The maximum atomic E-state index is 14.0. The molecule has 3 heterocycles. The van der Waals surface area contributed by atoms with Gasteiger partial charge in [0.2, 0.25) is 0 Å². The first-order valence-electron chi connectivity index (χ1n) is 12.2. The van der Waals surface area contributed by atoms with Crippen molar-refractivity contribution in [2.75, 3.05) is 18.8 Å². The molecule has 1 aliphatic carbocycles. The fraction of sp³-hybridized carbons (Fsp3) is 0.423. The largest absolute Gasteiger partial charge is 0.482 e. The quantitative estimate of drug-likeness (QED) is 0.357. The van der Waals surface area contributed by atoms with Gasteiger partial charge < -0.3 is 20.1 Å². The summed E-state index contributed by atoms with van der Waals surface area (Å²) in [5, 5.41) is 4.76. The molecular formula is C26H28Cl2FN5O3. The zero-order valence-corrected chi connectivity index (χ0v) is 22.1. The number of halogens is 3. The number of likely N-dealkylation sites (tertiary alicyclic amines) is 1. The molecule has 11 heteroatoms. The smallest absolute Gasteiger partial charge is 0.410 e. The highest BCUT2D eigenvalue weighted by molar-refractivity contribution is 6.36. The number of hydrogen-bond acceptors (Lipinski definition) is 6. The van der Waals surface area contributed by atoms with Gasteiger partial charge in [-0.1, -0.05) is 23.2 Å². The van der Waals surface area contributed by atoms with Crippen molar-refractivity contribution < 1.29 is 18.7 Å². The number of benzene rings is 1. The van der Waals surface area contributed by atoms with Crippen molar-refractivity contribution in [1.82, 2.24) is 19.7 Å². The van der Waals surface area contributed by atoms with Crippen molar-refractivity contribution in [2.24, 2.45) is 0 Å². The number of carbonyl (C=O) groups excluding carboxylic acids is 1. The number of amides is 1. The van der Waals surface area contributed by atoms with Crippen molar-refractivity contribution in [3.8, 4) is 16.9 Å². The topological polar surface area (TPSA) is 95.5 Å². The summed E-state index contributed by atoms with van der Waals surface area (Å²) >= 11 is 12.4. The van der Waals surface area contributed by atoms with Gasteiger partial charge in [-0.15, -0.1) is 0 Å². The molecule has 3 aromatic rings. The lowest BCUT2D eigenvalue weighted by molar-refractivity contribution is 0.0490. The third-order valence-electron chi connectivity index (χ3n) is 6.99. The minimum atomic E-state index is -0.669. The van der Waals surface area contributed by atoms with Crippen LogP contribution in [0, 0.1) is 5.82 Å². The summed E-state index contributed by atoms with van der Waals surface area (Å²) in [5.41, 5.74) is 7.73. The predicted molar refractivity (Wildman–Crippen MR) is 139 cm³/mol. The van der Waals surface area contributed by atoms with Crippen LogP contribution in [-0.4, -0.2) is 44.4 Å². The Morgan fingerprint density at radius 2 is 1.95 bits per heavy atom. The van der Waals surface area contributed by atoms with Gasteiger partial charge in [-0.2, -0.15) is 5.10 Å². The normalized spacial score (nSPS) is 17.9. The number of anilines is 1. The Morgan fingerprint density at radius 1 is 1.22 bits per heavy atom. The monoisotopic (exact) mass is 547 g/mol. The molecular weight excluding hydrogens is 520 g/mol. The fourth-order valence-corrected chi connectivity index (χ4v) is 5.10. The number of hydrogen-bond donors (Lipinski definition) is 1. The summed E-state index contributed by atoms with van der Waals surface area (Å²) in [5.74, 6) is -0.0695. The molecule has 1 unspecified atom stereocenters. The first kappa shape index (κ1) is 25.6. The van der Waals surface area contributed by atoms with Gasteiger partial charge in [0.05, 0.1) is 17.3 Å². The Balaban J connectivity index is 1.26. The molecule has 0 bridgehead atoms. The molecule has 1 aromatic carbocycles. The molecule has 0 spiro atoms. The van der Waals surface area contributed by atoms with Gasteiger partial charge >= 0.3 is 6.09 Å². The number of carbonyl (C=O) groups is 1. The van der Waals surface area contributed by atoms with E-state index in [0.29, 0.717) is 29.4 Å². The van der Waals surface area contributed by atoms with Crippen LogP contribution >= 0.6 is 23.2 Å². The Kier molecular flexibility index (Phi) is 6.93. The van der Waals surface area contributed by atoms with Crippen LogP contribution in [0.15, 0.2) is 36.8 Å². The van der Waals surface area contributed by atoms with Crippen LogP contribution < -0.4 is 10.5 Å². The Labute approximate surface area is 224 Å². The lowest BCUT2D eigenvalue weighted by Gasteiger charge is -2.32. The van der Waals surface area contributed by atoms with Crippen LogP contribution in [0.2, 0.25) is 10.0 Å². The molecule has 2 fully saturated rings.